The molecular weight excluding hydrogens is 252 g/mol. The molecule has 0 atom stereocenters. The number of nitrogens with one attached hydrogen (secondary N) is 2. The fourth-order valence-electron chi connectivity index (χ4n) is 1.40. The molecule has 0 spiro atoms. The third kappa shape index (κ3) is 3.04. The second-order valence-electron chi connectivity index (χ2n) is 3.66. The molecule has 0 aliphatic rings. The Bertz CT molecular complexity index is 545. The second kappa shape index (κ2) is 5.59. The average molecular weight is 265 g/mol. The van der Waals surface area contributed by atoms with Crippen LogP contribution in [0.4, 0.5) is 11.9 Å². The molecule has 2 N–H and O–H groups in total. The lowest BCUT2D eigenvalue weighted by Crippen LogP contribution is -2.08. The van der Waals surface area contributed by atoms with E-state index in [4.69, 9.17) is 11.6 Å². The highest BCUT2D eigenvalue weighted by atomic mass is 35.5. The van der Waals surface area contributed by atoms with E-state index in [1.807, 2.05) is 19.2 Å². The van der Waals surface area contributed by atoms with Crippen molar-refractivity contribution in [1.82, 2.24) is 19.9 Å². The maximum atomic E-state index is 5.79. The molecule has 2 aromatic rings. The number of anilines is 2. The first-order valence-electron chi connectivity index (χ1n) is 5.41. The van der Waals surface area contributed by atoms with Crippen LogP contribution in [0.15, 0.2) is 18.5 Å². The molecule has 18 heavy (non-hydrogen) atoms. The van der Waals surface area contributed by atoms with E-state index < -0.39 is 0 Å². The first-order valence-corrected chi connectivity index (χ1v) is 5.79. The molecule has 2 aromatic heterocycles. The van der Waals surface area contributed by atoms with Crippen molar-refractivity contribution in [3.63, 3.8) is 0 Å². The van der Waals surface area contributed by atoms with Gasteiger partial charge in [0.25, 0.3) is 0 Å². The molecular formula is C11H13ClN6. The molecule has 0 aliphatic heterocycles. The number of aromatic nitrogens is 4. The number of halogens is 1. The van der Waals surface area contributed by atoms with Gasteiger partial charge in [-0.25, -0.2) is 0 Å². The number of pyridine rings is 1. The minimum Gasteiger partial charge on any atom is -0.357 e. The van der Waals surface area contributed by atoms with Crippen LogP contribution >= 0.6 is 11.6 Å². The van der Waals surface area contributed by atoms with Crippen molar-refractivity contribution in [2.45, 2.75) is 13.5 Å². The standard InChI is InChI=1S/C11H13ClN6/c1-7-3-4-14-5-8(7)6-15-11-17-9(12)16-10(13-2)18-11/h3-5H,6H2,1-2H3,(H2,13,15,16,17,18). The largest absolute Gasteiger partial charge is 0.357 e. The van der Waals surface area contributed by atoms with Gasteiger partial charge < -0.3 is 10.6 Å². The lowest BCUT2D eigenvalue weighted by atomic mass is 10.2. The number of aryl methyl sites for hydroxylation is 1. The zero-order valence-electron chi connectivity index (χ0n) is 10.1. The third-order valence-electron chi connectivity index (χ3n) is 2.42. The first kappa shape index (κ1) is 12.5. The molecule has 94 valence electrons. The van der Waals surface area contributed by atoms with Gasteiger partial charge >= 0.3 is 0 Å². The van der Waals surface area contributed by atoms with Crippen molar-refractivity contribution in [1.29, 1.82) is 0 Å². The molecule has 0 bridgehead atoms. The minimum absolute atomic E-state index is 0.153. The summed E-state index contributed by atoms with van der Waals surface area (Å²) in [6.45, 7) is 2.61. The first-order chi connectivity index (χ1) is 8.69. The Labute approximate surface area is 110 Å². The lowest BCUT2D eigenvalue weighted by molar-refractivity contribution is 0.990. The highest BCUT2D eigenvalue weighted by Gasteiger charge is 2.04. The van der Waals surface area contributed by atoms with Gasteiger partial charge in [-0.05, 0) is 35.7 Å². The summed E-state index contributed by atoms with van der Waals surface area (Å²) in [6.07, 6.45) is 3.57. The monoisotopic (exact) mass is 264 g/mol. The van der Waals surface area contributed by atoms with Gasteiger partial charge in [0.1, 0.15) is 0 Å². The molecule has 0 unspecified atom stereocenters. The highest BCUT2D eigenvalue weighted by Crippen LogP contribution is 2.11. The molecule has 0 amide bonds. The Balaban J connectivity index is 2.11. The lowest BCUT2D eigenvalue weighted by Gasteiger charge is -2.08. The molecule has 2 heterocycles. The van der Waals surface area contributed by atoms with E-state index in [0.29, 0.717) is 18.4 Å². The van der Waals surface area contributed by atoms with E-state index in [9.17, 15) is 0 Å². The fraction of sp³-hybridized carbons (Fsp3) is 0.273. The van der Waals surface area contributed by atoms with Gasteiger partial charge in [-0.3, -0.25) is 4.98 Å². The smallest absolute Gasteiger partial charge is 0.229 e. The Morgan fingerprint density at radius 2 is 2.00 bits per heavy atom. The van der Waals surface area contributed by atoms with Crippen LogP contribution < -0.4 is 10.6 Å². The summed E-state index contributed by atoms with van der Waals surface area (Å²) in [7, 11) is 1.72. The topological polar surface area (TPSA) is 75.6 Å². The predicted octanol–water partition coefficient (Wildman–Crippen LogP) is 1.88. The SMILES string of the molecule is CNc1nc(Cl)nc(NCc2cnccc2C)n1. The predicted molar refractivity (Wildman–Crippen MR) is 70.7 cm³/mol. The third-order valence-corrected chi connectivity index (χ3v) is 2.59. The van der Waals surface area contributed by atoms with Crippen LogP contribution in [0.1, 0.15) is 11.1 Å². The van der Waals surface area contributed by atoms with Crippen LogP contribution in [-0.2, 0) is 6.54 Å². The van der Waals surface area contributed by atoms with Crippen LogP contribution in [0.3, 0.4) is 0 Å². The summed E-state index contributed by atoms with van der Waals surface area (Å²) in [6, 6.07) is 1.95. The van der Waals surface area contributed by atoms with E-state index in [1.54, 1.807) is 13.2 Å². The zero-order chi connectivity index (χ0) is 13.0. The van der Waals surface area contributed by atoms with Crippen molar-refractivity contribution in [2.75, 3.05) is 17.7 Å². The van der Waals surface area contributed by atoms with E-state index >= 15 is 0 Å². The van der Waals surface area contributed by atoms with Crippen molar-refractivity contribution in [2.24, 2.45) is 0 Å². The molecule has 0 saturated carbocycles. The van der Waals surface area contributed by atoms with Gasteiger partial charge in [-0.2, -0.15) is 15.0 Å². The van der Waals surface area contributed by atoms with Gasteiger partial charge in [0, 0.05) is 26.0 Å². The number of hydrogen-bond acceptors (Lipinski definition) is 6. The Hall–Kier alpha value is -1.95. The minimum atomic E-state index is 0.153. The average Bonchev–Trinajstić information content (AvgIpc) is 2.37. The van der Waals surface area contributed by atoms with E-state index in [2.05, 4.69) is 30.6 Å². The molecule has 0 saturated heterocycles. The summed E-state index contributed by atoms with van der Waals surface area (Å²) in [5.74, 6) is 0.864. The van der Waals surface area contributed by atoms with Gasteiger partial charge in [0.05, 0.1) is 0 Å². The second-order valence-corrected chi connectivity index (χ2v) is 4.00. The highest BCUT2D eigenvalue weighted by molar-refractivity contribution is 6.28. The van der Waals surface area contributed by atoms with Gasteiger partial charge in [0.2, 0.25) is 17.2 Å². The maximum Gasteiger partial charge on any atom is 0.229 e. The molecule has 0 radical (unpaired) electrons. The van der Waals surface area contributed by atoms with Crippen molar-refractivity contribution in [3.05, 3.63) is 34.9 Å². The van der Waals surface area contributed by atoms with Crippen LogP contribution in [0.2, 0.25) is 5.28 Å². The van der Waals surface area contributed by atoms with Gasteiger partial charge in [-0.1, -0.05) is 0 Å². The van der Waals surface area contributed by atoms with Crippen molar-refractivity contribution in [3.8, 4) is 0 Å². The summed E-state index contributed by atoms with van der Waals surface area (Å²) < 4.78 is 0. The van der Waals surface area contributed by atoms with Crippen molar-refractivity contribution < 1.29 is 0 Å². The summed E-state index contributed by atoms with van der Waals surface area (Å²) in [5, 5.41) is 6.06. The zero-order valence-corrected chi connectivity index (χ0v) is 10.9. The normalized spacial score (nSPS) is 10.2. The Morgan fingerprint density at radius 3 is 2.72 bits per heavy atom. The summed E-state index contributed by atoms with van der Waals surface area (Å²) >= 11 is 5.79. The maximum absolute atomic E-state index is 5.79. The van der Waals surface area contributed by atoms with Crippen molar-refractivity contribution >= 4 is 23.5 Å². The van der Waals surface area contributed by atoms with E-state index in [0.717, 1.165) is 11.1 Å². The van der Waals surface area contributed by atoms with Crippen LogP contribution in [-0.4, -0.2) is 27.0 Å². The number of rotatable bonds is 4. The van der Waals surface area contributed by atoms with Gasteiger partial charge in [-0.15, -0.1) is 0 Å². The van der Waals surface area contributed by atoms with Crippen LogP contribution in [0.5, 0.6) is 0 Å². The quantitative estimate of drug-likeness (QED) is 0.878. The van der Waals surface area contributed by atoms with E-state index in [1.165, 1.54) is 0 Å². The Morgan fingerprint density at radius 1 is 1.22 bits per heavy atom. The van der Waals surface area contributed by atoms with E-state index in [-0.39, 0.29) is 5.28 Å². The summed E-state index contributed by atoms with van der Waals surface area (Å²) in [4.78, 5) is 16.1. The molecule has 2 rings (SSSR count). The van der Waals surface area contributed by atoms with Crippen LogP contribution in [0, 0.1) is 6.92 Å². The number of nitrogens with zero attached hydrogens (tertiary/aromatic N) is 4. The molecule has 6 nitrogen and oxygen atoms in total. The Kier molecular flexibility index (Phi) is 3.88. The molecule has 0 fully saturated rings. The fourth-order valence-corrected chi connectivity index (χ4v) is 1.56. The molecule has 0 aromatic carbocycles. The summed E-state index contributed by atoms with van der Waals surface area (Å²) in [5.41, 5.74) is 2.24. The molecule has 7 heteroatoms. The molecule has 0 aliphatic carbocycles. The number of hydrogen-bond donors (Lipinski definition) is 2. The van der Waals surface area contributed by atoms with Gasteiger partial charge in [0.15, 0.2) is 0 Å². The van der Waals surface area contributed by atoms with Crippen LogP contribution in [0.25, 0.3) is 0 Å².